The lowest BCUT2D eigenvalue weighted by atomic mass is 9.75. The average molecular weight is 301 g/mol. The number of rotatable bonds is 2. The summed E-state index contributed by atoms with van der Waals surface area (Å²) in [5.41, 5.74) is 8.07. The van der Waals surface area contributed by atoms with Gasteiger partial charge in [0, 0.05) is 0 Å². The summed E-state index contributed by atoms with van der Waals surface area (Å²) >= 11 is 0. The topological polar surface area (TPSA) is 0 Å². The molecule has 1 aromatic carbocycles. The van der Waals surface area contributed by atoms with Crippen molar-refractivity contribution >= 4 is 0 Å². The summed E-state index contributed by atoms with van der Waals surface area (Å²) in [6, 6.07) is 2.49. The van der Waals surface area contributed by atoms with Crippen molar-refractivity contribution in [2.75, 3.05) is 0 Å². The van der Waals surface area contributed by atoms with Gasteiger partial charge in [0.25, 0.3) is 0 Å². The Morgan fingerprint density at radius 1 is 0.955 bits per heavy atom. The van der Waals surface area contributed by atoms with Gasteiger partial charge in [-0.3, -0.25) is 0 Å². The molecule has 0 spiro atoms. The summed E-state index contributed by atoms with van der Waals surface area (Å²) in [4.78, 5) is 0. The van der Waals surface area contributed by atoms with Crippen molar-refractivity contribution in [1.29, 1.82) is 0 Å². The van der Waals surface area contributed by atoms with E-state index in [0.29, 0.717) is 17.8 Å². The van der Waals surface area contributed by atoms with E-state index in [4.69, 9.17) is 0 Å². The van der Waals surface area contributed by atoms with Gasteiger partial charge in [-0.25, -0.2) is 0 Å². The summed E-state index contributed by atoms with van der Waals surface area (Å²) < 4.78 is 0. The second-order valence-corrected chi connectivity index (χ2v) is 8.60. The maximum atomic E-state index is 2.49. The third-order valence-corrected chi connectivity index (χ3v) is 6.53. The number of hydrogen-bond donors (Lipinski definition) is 0. The zero-order valence-corrected chi connectivity index (χ0v) is 16.2. The molecule has 1 aliphatic rings. The zero-order valence-electron chi connectivity index (χ0n) is 16.2. The molecular formula is C22H36. The largest absolute Gasteiger partial charge is 0.0622 e. The second kappa shape index (κ2) is 6.38. The van der Waals surface area contributed by atoms with Crippen LogP contribution >= 0.6 is 0 Å². The third kappa shape index (κ3) is 2.86. The quantitative estimate of drug-likeness (QED) is 0.519. The Labute approximate surface area is 138 Å². The van der Waals surface area contributed by atoms with E-state index in [-0.39, 0.29) is 0 Å². The molecule has 22 heavy (non-hydrogen) atoms. The maximum Gasteiger partial charge on any atom is -0.0130 e. The molecule has 0 heteroatoms. The molecule has 0 saturated carbocycles. The molecule has 4 atom stereocenters. The van der Waals surface area contributed by atoms with Gasteiger partial charge in [0.2, 0.25) is 0 Å². The van der Waals surface area contributed by atoms with E-state index in [1.807, 2.05) is 0 Å². The SMILES string of the molecule is Cc1cc(C(C)C)c2c(c1C)[C@H](C)[C@H](C)[C@H](C)CC2C(C)C. The van der Waals surface area contributed by atoms with Crippen LogP contribution in [0.5, 0.6) is 0 Å². The Balaban J connectivity index is 2.81. The highest BCUT2D eigenvalue weighted by atomic mass is 14.4. The first kappa shape index (κ1) is 17.6. The first-order valence-electron chi connectivity index (χ1n) is 9.30. The zero-order chi connectivity index (χ0) is 16.8. The lowest BCUT2D eigenvalue weighted by Crippen LogP contribution is -2.15. The van der Waals surface area contributed by atoms with Crippen LogP contribution in [0.25, 0.3) is 0 Å². The van der Waals surface area contributed by atoms with Gasteiger partial charge < -0.3 is 0 Å². The van der Waals surface area contributed by atoms with Crippen LogP contribution < -0.4 is 0 Å². The van der Waals surface area contributed by atoms with E-state index in [9.17, 15) is 0 Å². The molecule has 0 fully saturated rings. The van der Waals surface area contributed by atoms with Gasteiger partial charge in [-0.05, 0) is 83.6 Å². The number of aryl methyl sites for hydroxylation is 1. The minimum absolute atomic E-state index is 0.616. The molecule has 0 aliphatic heterocycles. The number of benzene rings is 1. The smallest absolute Gasteiger partial charge is 0.0130 e. The molecule has 0 amide bonds. The lowest BCUT2D eigenvalue weighted by Gasteiger charge is -2.30. The summed E-state index contributed by atoms with van der Waals surface area (Å²) in [6.07, 6.45) is 1.35. The van der Waals surface area contributed by atoms with Crippen LogP contribution in [-0.4, -0.2) is 0 Å². The fraction of sp³-hybridized carbons (Fsp3) is 0.727. The molecule has 0 nitrogen and oxygen atoms in total. The molecule has 0 aromatic heterocycles. The highest BCUT2D eigenvalue weighted by Crippen LogP contribution is 2.49. The average Bonchev–Trinajstić information content (AvgIpc) is 2.53. The maximum absolute atomic E-state index is 2.49. The molecule has 1 aliphatic carbocycles. The molecule has 0 radical (unpaired) electrons. The van der Waals surface area contributed by atoms with Crippen molar-refractivity contribution in [3.05, 3.63) is 33.9 Å². The van der Waals surface area contributed by atoms with E-state index in [0.717, 1.165) is 17.8 Å². The Hall–Kier alpha value is -0.780. The molecule has 1 aromatic rings. The van der Waals surface area contributed by atoms with Crippen LogP contribution in [0.4, 0.5) is 0 Å². The predicted molar refractivity (Wildman–Crippen MR) is 98.9 cm³/mol. The van der Waals surface area contributed by atoms with Gasteiger partial charge in [-0.2, -0.15) is 0 Å². The Morgan fingerprint density at radius 2 is 1.55 bits per heavy atom. The fourth-order valence-electron chi connectivity index (χ4n) is 4.56. The molecule has 1 unspecified atom stereocenters. The van der Waals surface area contributed by atoms with Gasteiger partial charge >= 0.3 is 0 Å². The van der Waals surface area contributed by atoms with Gasteiger partial charge in [0.05, 0.1) is 0 Å². The van der Waals surface area contributed by atoms with Crippen molar-refractivity contribution in [3.8, 4) is 0 Å². The minimum Gasteiger partial charge on any atom is -0.0622 e. The number of fused-ring (bicyclic) bond motifs is 1. The molecule has 2 rings (SSSR count). The van der Waals surface area contributed by atoms with Crippen LogP contribution in [-0.2, 0) is 0 Å². The van der Waals surface area contributed by atoms with Gasteiger partial charge in [0.15, 0.2) is 0 Å². The van der Waals surface area contributed by atoms with Crippen LogP contribution in [0.3, 0.4) is 0 Å². The second-order valence-electron chi connectivity index (χ2n) is 8.60. The lowest BCUT2D eigenvalue weighted by molar-refractivity contribution is 0.298. The summed E-state index contributed by atoms with van der Waals surface area (Å²) in [7, 11) is 0. The van der Waals surface area contributed by atoms with Crippen molar-refractivity contribution in [2.24, 2.45) is 17.8 Å². The Morgan fingerprint density at radius 3 is 2.05 bits per heavy atom. The molecule has 0 saturated heterocycles. The Kier molecular flexibility index (Phi) is 5.09. The molecule has 0 bridgehead atoms. The van der Waals surface area contributed by atoms with Crippen LogP contribution in [0.1, 0.15) is 100 Å². The normalized spacial score (nSPS) is 28.9. The van der Waals surface area contributed by atoms with Crippen LogP contribution in [0.15, 0.2) is 6.07 Å². The van der Waals surface area contributed by atoms with Crippen LogP contribution in [0, 0.1) is 31.6 Å². The first-order chi connectivity index (χ1) is 10.2. The monoisotopic (exact) mass is 300 g/mol. The molecular weight excluding hydrogens is 264 g/mol. The van der Waals surface area contributed by atoms with Crippen molar-refractivity contribution in [1.82, 2.24) is 0 Å². The van der Waals surface area contributed by atoms with Gasteiger partial charge in [0.1, 0.15) is 0 Å². The van der Waals surface area contributed by atoms with Crippen molar-refractivity contribution in [2.45, 2.75) is 86.5 Å². The highest BCUT2D eigenvalue weighted by molar-refractivity contribution is 5.51. The Bertz CT molecular complexity index is 535. The van der Waals surface area contributed by atoms with Gasteiger partial charge in [-0.15, -0.1) is 0 Å². The molecule has 0 heterocycles. The summed E-state index contributed by atoms with van der Waals surface area (Å²) in [6.45, 7) is 21.6. The van der Waals surface area contributed by atoms with Gasteiger partial charge in [-0.1, -0.05) is 54.5 Å². The molecule has 0 N–H and O–H groups in total. The number of hydrogen-bond acceptors (Lipinski definition) is 0. The first-order valence-corrected chi connectivity index (χ1v) is 9.30. The minimum atomic E-state index is 0.616. The van der Waals surface area contributed by atoms with E-state index >= 15 is 0 Å². The summed E-state index contributed by atoms with van der Waals surface area (Å²) in [5.74, 6) is 4.29. The highest BCUT2D eigenvalue weighted by Gasteiger charge is 2.35. The van der Waals surface area contributed by atoms with Crippen LogP contribution in [0.2, 0.25) is 0 Å². The van der Waals surface area contributed by atoms with E-state index in [2.05, 4.69) is 68.4 Å². The fourth-order valence-corrected chi connectivity index (χ4v) is 4.56. The standard InChI is InChI=1S/C22H36/c1-12(2)19-10-14(5)16(7)18(9)21-17(8)15(6)11-20(13(3)4)22(19)21/h11-14,16,18-19H,10H2,1-9H3/t14-,16-,18-,19?/m1/s1. The van der Waals surface area contributed by atoms with Crippen molar-refractivity contribution < 1.29 is 0 Å². The summed E-state index contributed by atoms with van der Waals surface area (Å²) in [5, 5.41) is 0. The van der Waals surface area contributed by atoms with E-state index in [1.165, 1.54) is 12.0 Å². The predicted octanol–water partition coefficient (Wildman–Crippen LogP) is 6.95. The van der Waals surface area contributed by atoms with E-state index in [1.54, 1.807) is 22.3 Å². The van der Waals surface area contributed by atoms with Crippen molar-refractivity contribution in [3.63, 3.8) is 0 Å². The van der Waals surface area contributed by atoms with E-state index < -0.39 is 0 Å². The molecule has 124 valence electrons. The third-order valence-electron chi connectivity index (χ3n) is 6.53.